The summed E-state index contributed by atoms with van der Waals surface area (Å²) in [5, 5.41) is 6.45. The van der Waals surface area contributed by atoms with Crippen LogP contribution in [0.3, 0.4) is 0 Å². The third kappa shape index (κ3) is 3.93. The molecule has 4 rings (SSSR count). The van der Waals surface area contributed by atoms with Gasteiger partial charge in [0.15, 0.2) is 5.69 Å². The Balaban J connectivity index is 1.64. The van der Waals surface area contributed by atoms with Crippen LogP contribution in [0.1, 0.15) is 26.4 Å². The minimum absolute atomic E-state index is 0.0326. The van der Waals surface area contributed by atoms with E-state index in [0.717, 1.165) is 11.1 Å². The lowest BCUT2D eigenvalue weighted by molar-refractivity contribution is 0.0844. The molecule has 4 aromatic rings. The van der Waals surface area contributed by atoms with E-state index in [9.17, 15) is 14.4 Å². The first-order valence-electron chi connectivity index (χ1n) is 9.14. The number of H-pyrrole nitrogens is 1. The second-order valence-electron chi connectivity index (χ2n) is 6.65. The Morgan fingerprint density at radius 3 is 2.37 bits per heavy atom. The molecule has 0 bridgehead atoms. The third-order valence-electron chi connectivity index (χ3n) is 4.51. The van der Waals surface area contributed by atoms with Crippen LogP contribution in [0, 0.1) is 6.92 Å². The molecular formula is C22H17N5O3. The Kier molecular flexibility index (Phi) is 5.04. The highest BCUT2D eigenvalue weighted by molar-refractivity contribution is 6.08. The highest BCUT2D eigenvalue weighted by atomic mass is 16.2. The van der Waals surface area contributed by atoms with Gasteiger partial charge in [0.05, 0.1) is 16.8 Å². The molecule has 0 aliphatic heterocycles. The Labute approximate surface area is 171 Å². The number of nitrogens with zero attached hydrogens (tertiary/aromatic N) is 2. The lowest BCUT2D eigenvalue weighted by Crippen LogP contribution is -2.42. The number of aromatic amines is 1. The quantitative estimate of drug-likeness (QED) is 0.457. The zero-order valence-electron chi connectivity index (χ0n) is 16.0. The average molecular weight is 399 g/mol. The lowest BCUT2D eigenvalue weighted by atomic mass is 10.0. The van der Waals surface area contributed by atoms with Crippen LogP contribution in [0.5, 0.6) is 0 Å². The standard InChI is InChI=1S/C22H17N5O3/c1-13-6-8-14(9-7-13)19-12-16(15-4-2-3-5-17(15)23-19)21(29)26-27-22(30)18-10-11-20(28)25-24-18/h2-12H,1H3,(H,25,28)(H,26,29)(H,27,30). The van der Waals surface area contributed by atoms with Crippen molar-refractivity contribution in [3.63, 3.8) is 0 Å². The maximum atomic E-state index is 12.9. The van der Waals surface area contributed by atoms with E-state index in [1.165, 1.54) is 12.1 Å². The SMILES string of the molecule is Cc1ccc(-c2cc(C(=O)NNC(=O)c3ccc(=O)[nH]n3)c3ccccc3n2)cc1. The van der Waals surface area contributed by atoms with Gasteiger partial charge in [-0.2, -0.15) is 5.10 Å². The topological polar surface area (TPSA) is 117 Å². The van der Waals surface area contributed by atoms with Gasteiger partial charge in [-0.05, 0) is 25.1 Å². The van der Waals surface area contributed by atoms with E-state index in [-0.39, 0.29) is 5.69 Å². The van der Waals surface area contributed by atoms with E-state index in [1.807, 2.05) is 49.4 Å². The van der Waals surface area contributed by atoms with E-state index >= 15 is 0 Å². The van der Waals surface area contributed by atoms with Crippen molar-refractivity contribution >= 4 is 22.7 Å². The molecule has 0 aliphatic carbocycles. The fraction of sp³-hybridized carbons (Fsp3) is 0.0455. The molecule has 0 spiro atoms. The van der Waals surface area contributed by atoms with Gasteiger partial charge in [-0.1, -0.05) is 48.0 Å². The number of carbonyl (C=O) groups excluding carboxylic acids is 2. The van der Waals surface area contributed by atoms with E-state index in [4.69, 9.17) is 0 Å². The molecule has 8 nitrogen and oxygen atoms in total. The molecule has 0 aliphatic rings. The molecule has 0 saturated carbocycles. The van der Waals surface area contributed by atoms with E-state index < -0.39 is 17.4 Å². The van der Waals surface area contributed by atoms with Crippen LogP contribution in [-0.2, 0) is 0 Å². The first-order valence-corrected chi connectivity index (χ1v) is 9.14. The largest absolute Gasteiger partial charge is 0.290 e. The number of hydrogen-bond donors (Lipinski definition) is 3. The van der Waals surface area contributed by atoms with E-state index in [1.54, 1.807) is 12.1 Å². The zero-order chi connectivity index (χ0) is 21.1. The molecule has 0 unspecified atom stereocenters. The normalized spacial score (nSPS) is 10.6. The van der Waals surface area contributed by atoms with Crippen molar-refractivity contribution < 1.29 is 9.59 Å². The first kappa shape index (κ1) is 19.0. The van der Waals surface area contributed by atoms with Gasteiger partial charge in [-0.3, -0.25) is 25.2 Å². The summed E-state index contributed by atoms with van der Waals surface area (Å²) in [4.78, 5) is 40.7. The van der Waals surface area contributed by atoms with Crippen molar-refractivity contribution in [1.82, 2.24) is 26.0 Å². The Morgan fingerprint density at radius 2 is 1.63 bits per heavy atom. The summed E-state index contributed by atoms with van der Waals surface area (Å²) in [6, 6.07) is 19.2. The molecule has 2 amide bonds. The number of amides is 2. The van der Waals surface area contributed by atoms with E-state index in [2.05, 4.69) is 26.0 Å². The molecule has 0 radical (unpaired) electrons. The summed E-state index contributed by atoms with van der Waals surface area (Å²) in [6.45, 7) is 2.00. The number of rotatable bonds is 3. The Morgan fingerprint density at radius 1 is 0.900 bits per heavy atom. The first-order chi connectivity index (χ1) is 14.5. The number of fused-ring (bicyclic) bond motifs is 1. The van der Waals surface area contributed by atoms with Gasteiger partial charge < -0.3 is 0 Å². The lowest BCUT2D eigenvalue weighted by Gasteiger charge is -2.11. The van der Waals surface area contributed by atoms with Crippen molar-refractivity contribution in [2.45, 2.75) is 6.92 Å². The summed E-state index contributed by atoms with van der Waals surface area (Å²) in [6.07, 6.45) is 0. The van der Waals surface area contributed by atoms with Gasteiger partial charge in [0.25, 0.3) is 17.4 Å². The van der Waals surface area contributed by atoms with Crippen LogP contribution < -0.4 is 16.4 Å². The summed E-state index contributed by atoms with van der Waals surface area (Å²) in [5.41, 5.74) is 7.91. The fourth-order valence-electron chi connectivity index (χ4n) is 2.95. The van der Waals surface area contributed by atoms with Gasteiger partial charge in [-0.25, -0.2) is 10.1 Å². The third-order valence-corrected chi connectivity index (χ3v) is 4.51. The monoisotopic (exact) mass is 399 g/mol. The minimum atomic E-state index is -0.656. The summed E-state index contributed by atoms with van der Waals surface area (Å²) < 4.78 is 0. The predicted molar refractivity (Wildman–Crippen MR) is 112 cm³/mol. The van der Waals surface area contributed by atoms with Crippen LogP contribution >= 0.6 is 0 Å². The number of pyridine rings is 1. The van der Waals surface area contributed by atoms with Gasteiger partial charge in [0, 0.05) is 17.0 Å². The molecule has 8 heteroatoms. The number of para-hydroxylation sites is 1. The highest BCUT2D eigenvalue weighted by Crippen LogP contribution is 2.25. The maximum absolute atomic E-state index is 12.9. The van der Waals surface area contributed by atoms with Gasteiger partial charge >= 0.3 is 0 Å². The molecule has 148 valence electrons. The minimum Gasteiger partial charge on any atom is -0.268 e. The summed E-state index contributed by atoms with van der Waals surface area (Å²) in [5.74, 6) is -1.16. The molecule has 0 saturated heterocycles. The second-order valence-corrected chi connectivity index (χ2v) is 6.65. The van der Waals surface area contributed by atoms with Gasteiger partial charge in [0.1, 0.15) is 0 Å². The molecule has 2 aromatic carbocycles. The number of carbonyl (C=O) groups is 2. The van der Waals surface area contributed by atoms with Crippen LogP contribution in [0.25, 0.3) is 22.2 Å². The number of benzene rings is 2. The number of hydrogen-bond acceptors (Lipinski definition) is 5. The van der Waals surface area contributed by atoms with Gasteiger partial charge in [-0.15, -0.1) is 0 Å². The van der Waals surface area contributed by atoms with Crippen LogP contribution in [0.15, 0.2) is 71.5 Å². The predicted octanol–water partition coefficient (Wildman–Crippen LogP) is 2.37. The molecule has 0 fully saturated rings. The van der Waals surface area contributed by atoms with Crippen molar-refractivity contribution in [1.29, 1.82) is 0 Å². The Bertz CT molecular complexity index is 1290. The summed E-state index contributed by atoms with van der Waals surface area (Å²) >= 11 is 0. The van der Waals surface area contributed by atoms with E-state index in [0.29, 0.717) is 22.2 Å². The fourth-order valence-corrected chi connectivity index (χ4v) is 2.95. The molecule has 30 heavy (non-hydrogen) atoms. The second kappa shape index (κ2) is 7.96. The molecule has 3 N–H and O–H groups in total. The van der Waals surface area contributed by atoms with Crippen LogP contribution in [0.2, 0.25) is 0 Å². The molecular weight excluding hydrogens is 382 g/mol. The van der Waals surface area contributed by atoms with Gasteiger partial charge in [0.2, 0.25) is 0 Å². The average Bonchev–Trinajstić information content (AvgIpc) is 2.77. The van der Waals surface area contributed by atoms with Crippen LogP contribution in [-0.4, -0.2) is 27.0 Å². The molecule has 2 heterocycles. The van der Waals surface area contributed by atoms with Crippen molar-refractivity contribution in [3.05, 3.63) is 93.9 Å². The summed E-state index contributed by atoms with van der Waals surface area (Å²) in [7, 11) is 0. The molecule has 0 atom stereocenters. The Hall–Kier alpha value is -4.33. The van der Waals surface area contributed by atoms with Crippen molar-refractivity contribution in [2.75, 3.05) is 0 Å². The smallest absolute Gasteiger partial charge is 0.268 e. The zero-order valence-corrected chi connectivity index (χ0v) is 16.0. The maximum Gasteiger partial charge on any atom is 0.290 e. The number of hydrazine groups is 1. The number of nitrogens with one attached hydrogen (secondary N) is 3. The number of aryl methyl sites for hydroxylation is 1. The van der Waals surface area contributed by atoms with Crippen LogP contribution in [0.4, 0.5) is 0 Å². The van der Waals surface area contributed by atoms with Crippen molar-refractivity contribution in [3.8, 4) is 11.3 Å². The number of aromatic nitrogens is 3. The highest BCUT2D eigenvalue weighted by Gasteiger charge is 2.15. The molecule has 2 aromatic heterocycles. The van der Waals surface area contributed by atoms with Crippen molar-refractivity contribution in [2.24, 2.45) is 0 Å².